The van der Waals surface area contributed by atoms with Crippen LogP contribution in [0.15, 0.2) is 24.3 Å². The minimum atomic E-state index is -2.23. The monoisotopic (exact) mass is 452 g/mol. The lowest BCUT2D eigenvalue weighted by molar-refractivity contribution is -0.165. The van der Waals surface area contributed by atoms with E-state index < -0.39 is 26.0 Å². The molecule has 1 aromatic carbocycles. The molecule has 2 rings (SSSR count). The van der Waals surface area contributed by atoms with Crippen molar-refractivity contribution in [2.24, 2.45) is 0 Å². The van der Waals surface area contributed by atoms with Gasteiger partial charge in [0.15, 0.2) is 14.4 Å². The summed E-state index contributed by atoms with van der Waals surface area (Å²) in [5, 5.41) is 1.01. The molecule has 8 heteroatoms. The molecule has 0 saturated heterocycles. The summed E-state index contributed by atoms with van der Waals surface area (Å²) < 4.78 is 17.9. The molecule has 0 amide bonds. The average Bonchev–Trinajstić information content (AvgIpc) is 2.56. The number of aromatic nitrogens is 1. The van der Waals surface area contributed by atoms with Gasteiger partial charge in [0.25, 0.3) is 0 Å². The Morgan fingerprint density at radius 1 is 1.17 bits per heavy atom. The Bertz CT molecular complexity index is 920. The van der Waals surface area contributed by atoms with E-state index in [1.165, 1.54) is 0 Å². The molecule has 0 radical (unpaired) electrons. The first-order chi connectivity index (χ1) is 13.6. The number of rotatable bonds is 6. The van der Waals surface area contributed by atoms with E-state index in [2.05, 4.69) is 38.8 Å². The molecule has 0 spiro atoms. The van der Waals surface area contributed by atoms with Crippen LogP contribution in [0.2, 0.25) is 23.3 Å². The second-order valence-electron chi connectivity index (χ2n) is 9.92. The number of anilines is 1. The number of pyridine rings is 1. The molecule has 2 N–H and O–H groups in total. The van der Waals surface area contributed by atoms with Crippen molar-refractivity contribution in [3.63, 3.8) is 0 Å². The topological polar surface area (TPSA) is 83.7 Å². The first-order valence-corrected chi connectivity index (χ1v) is 13.3. The van der Waals surface area contributed by atoms with Gasteiger partial charge in [0.05, 0.1) is 5.52 Å². The van der Waals surface area contributed by atoms with E-state index in [1.807, 2.05) is 20.8 Å². The molecule has 1 atom stereocenters. The van der Waals surface area contributed by atoms with Crippen LogP contribution < -0.4 is 10.5 Å². The maximum Gasteiger partial charge on any atom is 0.338 e. The number of nitrogen functional groups attached to an aromatic ring is 1. The van der Waals surface area contributed by atoms with Crippen LogP contribution in [0.4, 0.5) is 5.69 Å². The Labute approximate surface area is 185 Å². The molecular formula is C22H33ClN2O4Si. The van der Waals surface area contributed by atoms with Crippen molar-refractivity contribution in [3.8, 4) is 5.75 Å². The van der Waals surface area contributed by atoms with Crippen molar-refractivity contribution in [2.45, 2.75) is 71.4 Å². The van der Waals surface area contributed by atoms with Crippen LogP contribution in [0.5, 0.6) is 5.75 Å². The van der Waals surface area contributed by atoms with Gasteiger partial charge >= 0.3 is 5.97 Å². The first-order valence-electron chi connectivity index (χ1n) is 9.98. The summed E-state index contributed by atoms with van der Waals surface area (Å²) >= 11 is 5.97. The summed E-state index contributed by atoms with van der Waals surface area (Å²) in [6.07, 6.45) is -0.832. The summed E-state index contributed by atoms with van der Waals surface area (Å²) in [4.78, 5) is 17.1. The summed E-state index contributed by atoms with van der Waals surface area (Å²) in [6, 6.07) is 6.93. The van der Waals surface area contributed by atoms with Gasteiger partial charge < -0.3 is 19.6 Å². The SMILES string of the molecule is CC(C)(C)OC(=O)C(COc1ccc2nc(Cl)cc(N)c2c1)O[Si](C)(C)C(C)(C)C. The van der Waals surface area contributed by atoms with Gasteiger partial charge in [-0.2, -0.15) is 0 Å². The number of ether oxygens (including phenoxy) is 2. The number of esters is 1. The third-order valence-corrected chi connectivity index (χ3v) is 9.77. The largest absolute Gasteiger partial charge is 0.490 e. The van der Waals surface area contributed by atoms with E-state index in [0.717, 1.165) is 5.39 Å². The molecule has 0 aliphatic carbocycles. The third-order valence-electron chi connectivity index (χ3n) is 5.10. The molecule has 0 fully saturated rings. The highest BCUT2D eigenvalue weighted by Crippen LogP contribution is 2.37. The number of carbonyl (C=O) groups is 1. The Morgan fingerprint density at radius 3 is 2.37 bits per heavy atom. The van der Waals surface area contributed by atoms with Crippen LogP contribution >= 0.6 is 11.6 Å². The molecule has 0 aliphatic rings. The highest BCUT2D eigenvalue weighted by Gasteiger charge is 2.42. The van der Waals surface area contributed by atoms with Crippen molar-refractivity contribution >= 4 is 42.5 Å². The zero-order valence-corrected chi connectivity index (χ0v) is 20.9. The number of fused-ring (bicyclic) bond motifs is 1. The highest BCUT2D eigenvalue weighted by molar-refractivity contribution is 6.74. The van der Waals surface area contributed by atoms with Crippen molar-refractivity contribution in [3.05, 3.63) is 29.4 Å². The normalized spacial score (nSPS) is 13.9. The van der Waals surface area contributed by atoms with Gasteiger partial charge in [0, 0.05) is 11.1 Å². The summed E-state index contributed by atoms with van der Waals surface area (Å²) in [5.74, 6) is 0.131. The number of halogens is 1. The average molecular weight is 453 g/mol. The van der Waals surface area contributed by atoms with E-state index in [4.69, 9.17) is 31.2 Å². The molecule has 0 saturated carbocycles. The molecule has 1 heterocycles. The van der Waals surface area contributed by atoms with E-state index in [-0.39, 0.29) is 11.6 Å². The number of nitrogens with two attached hydrogens (primary N) is 1. The molecule has 166 valence electrons. The van der Waals surface area contributed by atoms with Crippen LogP contribution in [0.1, 0.15) is 41.5 Å². The van der Waals surface area contributed by atoms with Gasteiger partial charge in [0.1, 0.15) is 23.1 Å². The summed E-state index contributed by atoms with van der Waals surface area (Å²) in [5.41, 5.74) is 6.63. The zero-order valence-electron chi connectivity index (χ0n) is 19.1. The second-order valence-corrected chi connectivity index (χ2v) is 15.1. The lowest BCUT2D eigenvalue weighted by atomic mass is 10.2. The molecule has 1 unspecified atom stereocenters. The van der Waals surface area contributed by atoms with Gasteiger partial charge in [-0.25, -0.2) is 9.78 Å². The minimum absolute atomic E-state index is 0.0356. The van der Waals surface area contributed by atoms with Crippen molar-refractivity contribution in [1.29, 1.82) is 0 Å². The quantitative estimate of drug-likeness (QED) is 0.349. The van der Waals surface area contributed by atoms with E-state index in [1.54, 1.807) is 24.3 Å². The van der Waals surface area contributed by atoms with Gasteiger partial charge in [-0.3, -0.25) is 0 Å². The number of benzene rings is 1. The Balaban J connectivity index is 2.25. The zero-order chi connectivity index (χ0) is 22.9. The predicted octanol–water partition coefficient (Wildman–Crippen LogP) is 5.58. The van der Waals surface area contributed by atoms with Crippen LogP contribution in [-0.2, 0) is 14.0 Å². The van der Waals surface area contributed by atoms with Crippen LogP contribution in [-0.4, -0.2) is 37.6 Å². The standard InChI is InChI=1S/C22H33ClN2O4Si/c1-21(2,3)28-20(26)18(29-30(7,8)22(4,5)6)13-27-14-9-10-17-15(11-14)16(24)12-19(23)25-17/h9-12,18H,13H2,1-8H3,(H2,24,25). The third kappa shape index (κ3) is 6.33. The van der Waals surface area contributed by atoms with Gasteiger partial charge in [-0.05, 0) is 63.2 Å². The Morgan fingerprint density at radius 2 is 1.80 bits per heavy atom. The number of hydrogen-bond acceptors (Lipinski definition) is 6. The number of hydrogen-bond donors (Lipinski definition) is 1. The van der Waals surface area contributed by atoms with E-state index >= 15 is 0 Å². The Hall–Kier alpha value is -1.83. The lowest BCUT2D eigenvalue weighted by Gasteiger charge is -2.39. The highest BCUT2D eigenvalue weighted by atomic mass is 35.5. The summed E-state index contributed by atoms with van der Waals surface area (Å²) in [6.45, 7) is 16.1. The summed E-state index contributed by atoms with van der Waals surface area (Å²) in [7, 11) is -2.23. The van der Waals surface area contributed by atoms with Crippen LogP contribution in [0.3, 0.4) is 0 Å². The predicted molar refractivity (Wildman–Crippen MR) is 125 cm³/mol. The van der Waals surface area contributed by atoms with Gasteiger partial charge in [-0.1, -0.05) is 32.4 Å². The molecule has 0 bridgehead atoms. The molecular weight excluding hydrogens is 420 g/mol. The fraction of sp³-hybridized carbons (Fsp3) is 0.545. The fourth-order valence-electron chi connectivity index (χ4n) is 2.51. The minimum Gasteiger partial charge on any atom is -0.490 e. The van der Waals surface area contributed by atoms with Gasteiger partial charge in [0.2, 0.25) is 0 Å². The molecule has 2 aromatic rings. The van der Waals surface area contributed by atoms with Gasteiger partial charge in [-0.15, -0.1) is 0 Å². The second kappa shape index (κ2) is 8.73. The number of carbonyl (C=O) groups excluding carboxylic acids is 1. The van der Waals surface area contributed by atoms with Crippen LogP contribution in [0, 0.1) is 0 Å². The van der Waals surface area contributed by atoms with Crippen molar-refractivity contribution in [2.75, 3.05) is 12.3 Å². The first kappa shape index (κ1) is 24.4. The molecule has 30 heavy (non-hydrogen) atoms. The number of nitrogens with zero attached hydrogens (tertiary/aromatic N) is 1. The smallest absolute Gasteiger partial charge is 0.338 e. The van der Waals surface area contributed by atoms with Crippen molar-refractivity contribution < 1.29 is 18.7 Å². The lowest BCUT2D eigenvalue weighted by Crippen LogP contribution is -2.49. The van der Waals surface area contributed by atoms with Crippen LogP contribution in [0.25, 0.3) is 10.9 Å². The van der Waals surface area contributed by atoms with E-state index in [0.29, 0.717) is 22.1 Å². The molecule has 0 aliphatic heterocycles. The maximum absolute atomic E-state index is 12.8. The maximum atomic E-state index is 12.8. The van der Waals surface area contributed by atoms with Crippen molar-refractivity contribution in [1.82, 2.24) is 4.98 Å². The fourth-order valence-corrected chi connectivity index (χ4v) is 3.95. The molecule has 6 nitrogen and oxygen atoms in total. The van der Waals surface area contributed by atoms with E-state index in [9.17, 15) is 4.79 Å². The Kier molecular flexibility index (Phi) is 7.11. The molecule has 1 aromatic heterocycles.